The van der Waals surface area contributed by atoms with Crippen molar-refractivity contribution < 1.29 is 4.79 Å². The van der Waals surface area contributed by atoms with E-state index in [-0.39, 0.29) is 27.7 Å². The van der Waals surface area contributed by atoms with Crippen LogP contribution in [0.1, 0.15) is 34.5 Å². The number of rotatable bonds is 3. The van der Waals surface area contributed by atoms with E-state index in [1.807, 2.05) is 38.1 Å². The molecule has 0 aliphatic heterocycles. The molecule has 2 aromatic carbocycles. The van der Waals surface area contributed by atoms with Crippen molar-refractivity contribution in [3.05, 3.63) is 63.1 Å². The molecule has 2 rings (SSSR count). The van der Waals surface area contributed by atoms with Crippen molar-refractivity contribution in [2.45, 2.75) is 19.9 Å². The molecule has 0 bridgehead atoms. The first-order valence-corrected chi connectivity index (χ1v) is 7.26. The quantitative estimate of drug-likeness (QED) is 0.824. The largest absolute Gasteiger partial charge is 0.397 e. The second kappa shape index (κ2) is 6.37. The molecule has 1 unspecified atom stereocenters. The van der Waals surface area contributed by atoms with Gasteiger partial charge in [-0.05, 0) is 37.1 Å². The minimum Gasteiger partial charge on any atom is -0.397 e. The molecule has 1 atom stereocenters. The average molecular weight is 323 g/mol. The average Bonchev–Trinajstić information content (AvgIpc) is 2.44. The number of hydrogen-bond donors (Lipinski definition) is 2. The molecular weight excluding hydrogens is 307 g/mol. The van der Waals surface area contributed by atoms with E-state index in [9.17, 15) is 4.79 Å². The summed E-state index contributed by atoms with van der Waals surface area (Å²) in [6.07, 6.45) is 0. The van der Waals surface area contributed by atoms with Crippen LogP contribution in [0.15, 0.2) is 36.4 Å². The predicted molar refractivity (Wildman–Crippen MR) is 87.9 cm³/mol. The number of carbonyl (C=O) groups excluding carboxylic acids is 1. The Labute approximate surface area is 134 Å². The Morgan fingerprint density at radius 2 is 1.90 bits per heavy atom. The minimum absolute atomic E-state index is 0.116. The zero-order valence-electron chi connectivity index (χ0n) is 11.8. The first-order chi connectivity index (χ1) is 9.90. The molecule has 3 N–H and O–H groups in total. The number of carbonyl (C=O) groups is 1. The smallest absolute Gasteiger partial charge is 0.251 e. The van der Waals surface area contributed by atoms with Gasteiger partial charge in [-0.1, -0.05) is 47.5 Å². The van der Waals surface area contributed by atoms with Gasteiger partial charge in [-0.25, -0.2) is 0 Å². The van der Waals surface area contributed by atoms with E-state index in [2.05, 4.69) is 5.32 Å². The van der Waals surface area contributed by atoms with E-state index >= 15 is 0 Å². The van der Waals surface area contributed by atoms with Gasteiger partial charge in [-0.15, -0.1) is 0 Å². The number of aryl methyl sites for hydroxylation is 1. The zero-order valence-corrected chi connectivity index (χ0v) is 13.3. The Balaban J connectivity index is 2.20. The molecular formula is C16H16Cl2N2O. The first kappa shape index (κ1) is 15.7. The summed E-state index contributed by atoms with van der Waals surface area (Å²) in [6, 6.07) is 10.8. The first-order valence-electron chi connectivity index (χ1n) is 6.51. The van der Waals surface area contributed by atoms with Gasteiger partial charge in [0.25, 0.3) is 5.91 Å². The number of hydrogen-bond acceptors (Lipinski definition) is 2. The maximum Gasteiger partial charge on any atom is 0.251 e. The Bertz CT molecular complexity index is 663. The van der Waals surface area contributed by atoms with Gasteiger partial charge >= 0.3 is 0 Å². The van der Waals surface area contributed by atoms with Gasteiger partial charge in [0.05, 0.1) is 21.8 Å². The van der Waals surface area contributed by atoms with Crippen LogP contribution in [0.3, 0.4) is 0 Å². The molecule has 0 fully saturated rings. The second-order valence-corrected chi connectivity index (χ2v) is 5.70. The van der Waals surface area contributed by atoms with E-state index in [0.717, 1.165) is 11.1 Å². The molecule has 0 aromatic heterocycles. The van der Waals surface area contributed by atoms with Crippen LogP contribution < -0.4 is 11.1 Å². The van der Waals surface area contributed by atoms with Crippen molar-refractivity contribution in [3.8, 4) is 0 Å². The van der Waals surface area contributed by atoms with Gasteiger partial charge in [0.15, 0.2) is 0 Å². The van der Waals surface area contributed by atoms with Gasteiger partial charge < -0.3 is 11.1 Å². The highest BCUT2D eigenvalue weighted by Crippen LogP contribution is 2.29. The number of amides is 1. The van der Waals surface area contributed by atoms with Crippen LogP contribution >= 0.6 is 23.2 Å². The van der Waals surface area contributed by atoms with E-state index in [4.69, 9.17) is 28.9 Å². The summed E-state index contributed by atoms with van der Waals surface area (Å²) in [7, 11) is 0. The molecule has 110 valence electrons. The van der Waals surface area contributed by atoms with Crippen LogP contribution in [0.4, 0.5) is 5.69 Å². The molecule has 3 nitrogen and oxygen atoms in total. The number of nitrogens with two attached hydrogens (primary N) is 1. The normalized spacial score (nSPS) is 12.0. The number of nitrogens with one attached hydrogen (secondary N) is 1. The summed E-state index contributed by atoms with van der Waals surface area (Å²) < 4.78 is 0. The zero-order chi connectivity index (χ0) is 15.6. The Morgan fingerprint density at radius 3 is 2.52 bits per heavy atom. The highest BCUT2D eigenvalue weighted by Gasteiger charge is 2.15. The van der Waals surface area contributed by atoms with Crippen molar-refractivity contribution >= 4 is 34.8 Å². The topological polar surface area (TPSA) is 55.1 Å². The third-order valence-electron chi connectivity index (χ3n) is 3.32. The lowest BCUT2D eigenvalue weighted by molar-refractivity contribution is 0.0940. The maximum atomic E-state index is 12.3. The molecule has 0 aliphatic rings. The molecule has 1 amide bonds. The summed E-state index contributed by atoms with van der Waals surface area (Å²) in [5.74, 6) is -0.240. The number of nitrogen functional groups attached to an aromatic ring is 1. The summed E-state index contributed by atoms with van der Waals surface area (Å²) in [4.78, 5) is 12.3. The molecule has 0 saturated heterocycles. The minimum atomic E-state index is -0.240. The molecule has 5 heteroatoms. The maximum absolute atomic E-state index is 12.3. The SMILES string of the molecule is Cc1ccccc1C(C)NC(=O)c1cc(N)c(Cl)c(Cl)c1. The lowest BCUT2D eigenvalue weighted by Gasteiger charge is -2.17. The highest BCUT2D eigenvalue weighted by atomic mass is 35.5. The fraction of sp³-hybridized carbons (Fsp3) is 0.188. The molecule has 2 aromatic rings. The number of anilines is 1. The van der Waals surface area contributed by atoms with Crippen LogP contribution in [-0.2, 0) is 0 Å². The summed E-state index contributed by atoms with van der Waals surface area (Å²) in [5.41, 5.74) is 8.60. The van der Waals surface area contributed by atoms with Crippen molar-refractivity contribution in [3.63, 3.8) is 0 Å². The number of benzene rings is 2. The van der Waals surface area contributed by atoms with Gasteiger partial charge in [-0.3, -0.25) is 4.79 Å². The third kappa shape index (κ3) is 3.49. The lowest BCUT2D eigenvalue weighted by atomic mass is 10.0. The number of halogens is 2. The standard InChI is InChI=1S/C16H16Cl2N2O/c1-9-5-3-4-6-12(9)10(2)20-16(21)11-7-13(17)15(18)14(19)8-11/h3-8,10H,19H2,1-2H3,(H,20,21). The van der Waals surface area contributed by atoms with Gasteiger partial charge in [0, 0.05) is 5.56 Å². The van der Waals surface area contributed by atoms with Crippen LogP contribution in [0.25, 0.3) is 0 Å². The molecule has 0 radical (unpaired) electrons. The Morgan fingerprint density at radius 1 is 1.24 bits per heavy atom. The summed E-state index contributed by atoms with van der Waals surface area (Å²) >= 11 is 11.8. The molecule has 0 heterocycles. The lowest BCUT2D eigenvalue weighted by Crippen LogP contribution is -2.27. The van der Waals surface area contributed by atoms with Crippen LogP contribution in [0.2, 0.25) is 10.0 Å². The Hall–Kier alpha value is -1.71. The van der Waals surface area contributed by atoms with Crippen LogP contribution in [0, 0.1) is 6.92 Å². The summed E-state index contributed by atoms with van der Waals surface area (Å²) in [6.45, 7) is 3.94. The van der Waals surface area contributed by atoms with Gasteiger partial charge in [-0.2, -0.15) is 0 Å². The molecule has 0 saturated carbocycles. The van der Waals surface area contributed by atoms with Gasteiger partial charge in [0.2, 0.25) is 0 Å². The van der Waals surface area contributed by atoms with Crippen molar-refractivity contribution in [1.82, 2.24) is 5.32 Å². The van der Waals surface area contributed by atoms with E-state index in [0.29, 0.717) is 5.56 Å². The molecule has 21 heavy (non-hydrogen) atoms. The summed E-state index contributed by atoms with van der Waals surface area (Å²) in [5, 5.41) is 3.46. The second-order valence-electron chi connectivity index (χ2n) is 4.91. The van der Waals surface area contributed by atoms with E-state index in [1.165, 1.54) is 12.1 Å². The van der Waals surface area contributed by atoms with Crippen molar-refractivity contribution in [2.75, 3.05) is 5.73 Å². The Kier molecular flexibility index (Phi) is 4.76. The van der Waals surface area contributed by atoms with Gasteiger partial charge in [0.1, 0.15) is 0 Å². The highest BCUT2D eigenvalue weighted by molar-refractivity contribution is 6.43. The fourth-order valence-corrected chi connectivity index (χ4v) is 2.51. The van der Waals surface area contributed by atoms with E-state index in [1.54, 1.807) is 0 Å². The van der Waals surface area contributed by atoms with Crippen LogP contribution in [0.5, 0.6) is 0 Å². The molecule has 0 aliphatic carbocycles. The van der Waals surface area contributed by atoms with Crippen molar-refractivity contribution in [1.29, 1.82) is 0 Å². The van der Waals surface area contributed by atoms with E-state index < -0.39 is 0 Å². The third-order valence-corrected chi connectivity index (χ3v) is 4.14. The molecule has 0 spiro atoms. The predicted octanol–water partition coefficient (Wildman–Crippen LogP) is 4.38. The monoisotopic (exact) mass is 322 g/mol. The fourth-order valence-electron chi connectivity index (χ4n) is 2.17. The van der Waals surface area contributed by atoms with Crippen LogP contribution in [-0.4, -0.2) is 5.91 Å². The van der Waals surface area contributed by atoms with Crippen molar-refractivity contribution in [2.24, 2.45) is 0 Å².